The largest absolute Gasteiger partial charge is 0.375 e. The van der Waals surface area contributed by atoms with Crippen LogP contribution in [0.2, 0.25) is 0 Å². The molecule has 0 amide bonds. The van der Waals surface area contributed by atoms with E-state index in [9.17, 15) is 4.39 Å². The first-order valence-corrected chi connectivity index (χ1v) is 7.10. The number of benzene rings is 1. The Hall–Kier alpha value is -1.13. The molecule has 1 aliphatic heterocycles. The van der Waals surface area contributed by atoms with E-state index in [1.165, 1.54) is 6.07 Å². The number of hydrogen-bond donors (Lipinski definition) is 1. The molecule has 0 aliphatic carbocycles. The second-order valence-corrected chi connectivity index (χ2v) is 4.86. The fourth-order valence-electron chi connectivity index (χ4n) is 2.45. The number of rotatable bonds is 5. The summed E-state index contributed by atoms with van der Waals surface area (Å²) >= 11 is 0. The first-order valence-electron chi connectivity index (χ1n) is 7.10. The zero-order chi connectivity index (χ0) is 13.7. The minimum atomic E-state index is -0.127. The molecule has 1 aliphatic rings. The molecule has 1 heterocycles. The lowest BCUT2D eigenvalue weighted by Gasteiger charge is -2.35. The van der Waals surface area contributed by atoms with Gasteiger partial charge in [-0.1, -0.05) is 19.9 Å². The first kappa shape index (κ1) is 14.3. The van der Waals surface area contributed by atoms with Crippen molar-refractivity contribution in [3.05, 3.63) is 29.6 Å². The van der Waals surface area contributed by atoms with Gasteiger partial charge >= 0.3 is 0 Å². The molecule has 1 unspecified atom stereocenters. The van der Waals surface area contributed by atoms with E-state index in [2.05, 4.69) is 17.1 Å². The highest BCUT2D eigenvalue weighted by molar-refractivity contribution is 5.54. The molecular weight excluding hydrogens is 243 g/mol. The van der Waals surface area contributed by atoms with Gasteiger partial charge in [0.2, 0.25) is 0 Å². The molecule has 106 valence electrons. The van der Waals surface area contributed by atoms with Crippen molar-refractivity contribution in [3.8, 4) is 0 Å². The molecule has 0 spiro atoms. The molecule has 1 saturated heterocycles. The van der Waals surface area contributed by atoms with E-state index in [-0.39, 0.29) is 11.9 Å². The van der Waals surface area contributed by atoms with Crippen molar-refractivity contribution in [2.75, 3.05) is 31.1 Å². The van der Waals surface area contributed by atoms with Gasteiger partial charge < -0.3 is 15.0 Å². The summed E-state index contributed by atoms with van der Waals surface area (Å²) in [6.07, 6.45) is 1.25. The molecule has 1 atom stereocenters. The van der Waals surface area contributed by atoms with E-state index >= 15 is 0 Å². The van der Waals surface area contributed by atoms with Crippen molar-refractivity contribution < 1.29 is 9.13 Å². The molecule has 1 N–H and O–H groups in total. The Balaban J connectivity index is 2.20. The molecule has 0 radical (unpaired) electrons. The van der Waals surface area contributed by atoms with E-state index in [4.69, 9.17) is 4.74 Å². The minimum absolute atomic E-state index is 0.127. The van der Waals surface area contributed by atoms with Crippen molar-refractivity contribution in [2.45, 2.75) is 32.9 Å². The lowest BCUT2D eigenvalue weighted by Crippen LogP contribution is -2.42. The summed E-state index contributed by atoms with van der Waals surface area (Å²) in [5.41, 5.74) is 1.77. The lowest BCUT2D eigenvalue weighted by atomic mass is 10.1. The fourth-order valence-corrected chi connectivity index (χ4v) is 2.45. The highest BCUT2D eigenvalue weighted by Crippen LogP contribution is 2.25. The monoisotopic (exact) mass is 266 g/mol. The third kappa shape index (κ3) is 3.45. The normalized spacial score (nSPS) is 19.7. The molecule has 0 bridgehead atoms. The zero-order valence-corrected chi connectivity index (χ0v) is 11.8. The number of anilines is 1. The van der Waals surface area contributed by atoms with Crippen molar-refractivity contribution in [3.63, 3.8) is 0 Å². The van der Waals surface area contributed by atoms with Gasteiger partial charge in [-0.2, -0.15) is 0 Å². The van der Waals surface area contributed by atoms with Crippen LogP contribution in [0.3, 0.4) is 0 Å². The Kier molecular flexibility index (Phi) is 5.16. The van der Waals surface area contributed by atoms with Crippen LogP contribution in [0, 0.1) is 5.82 Å². The van der Waals surface area contributed by atoms with E-state index < -0.39 is 0 Å². The van der Waals surface area contributed by atoms with Crippen molar-refractivity contribution >= 4 is 5.69 Å². The molecule has 0 saturated carbocycles. The molecule has 1 aromatic rings. The molecule has 4 heteroatoms. The molecule has 2 rings (SSSR count). The van der Waals surface area contributed by atoms with Crippen LogP contribution in [0.4, 0.5) is 10.1 Å². The quantitative estimate of drug-likeness (QED) is 0.886. The second-order valence-electron chi connectivity index (χ2n) is 4.86. The lowest BCUT2D eigenvalue weighted by molar-refractivity contribution is 0.0383. The Morgan fingerprint density at radius 1 is 1.42 bits per heavy atom. The van der Waals surface area contributed by atoms with Gasteiger partial charge in [0.1, 0.15) is 5.82 Å². The van der Waals surface area contributed by atoms with Gasteiger partial charge in [0, 0.05) is 30.9 Å². The third-order valence-electron chi connectivity index (χ3n) is 3.58. The van der Waals surface area contributed by atoms with Crippen LogP contribution < -0.4 is 10.2 Å². The van der Waals surface area contributed by atoms with Crippen LogP contribution >= 0.6 is 0 Å². The third-order valence-corrected chi connectivity index (χ3v) is 3.58. The second kappa shape index (κ2) is 6.87. The molecule has 3 nitrogen and oxygen atoms in total. The maximum absolute atomic E-state index is 14.0. The molecule has 1 aromatic carbocycles. The average Bonchev–Trinajstić information content (AvgIpc) is 2.46. The highest BCUT2D eigenvalue weighted by atomic mass is 19.1. The molecule has 1 fully saturated rings. The summed E-state index contributed by atoms with van der Waals surface area (Å²) in [6.45, 7) is 7.97. The topological polar surface area (TPSA) is 24.5 Å². The Morgan fingerprint density at radius 2 is 2.26 bits per heavy atom. The summed E-state index contributed by atoms with van der Waals surface area (Å²) in [6, 6.07) is 5.33. The molecule has 0 aromatic heterocycles. The summed E-state index contributed by atoms with van der Waals surface area (Å²) in [5, 5.41) is 3.21. The summed E-state index contributed by atoms with van der Waals surface area (Å²) in [5.74, 6) is -0.127. The van der Waals surface area contributed by atoms with Crippen molar-refractivity contribution in [1.82, 2.24) is 5.32 Å². The van der Waals surface area contributed by atoms with Crippen LogP contribution in [-0.4, -0.2) is 32.3 Å². The van der Waals surface area contributed by atoms with Crippen LogP contribution in [0.5, 0.6) is 0 Å². The number of nitrogens with one attached hydrogen (secondary N) is 1. The van der Waals surface area contributed by atoms with E-state index in [0.29, 0.717) is 6.54 Å². The predicted octanol–water partition coefficient (Wildman–Crippen LogP) is 2.55. The number of hydrogen-bond acceptors (Lipinski definition) is 3. The Bertz CT molecular complexity index is 411. The predicted molar refractivity (Wildman–Crippen MR) is 76.0 cm³/mol. The highest BCUT2D eigenvalue weighted by Gasteiger charge is 2.22. The minimum Gasteiger partial charge on any atom is -0.375 e. The number of halogens is 1. The van der Waals surface area contributed by atoms with Crippen LogP contribution in [0.1, 0.15) is 25.8 Å². The standard InChI is InChI=1S/C15H23FN2O/c1-3-12-11-18(8-9-19-12)15-7-5-6-14(16)13(15)10-17-4-2/h5-7,12,17H,3-4,8-11H2,1-2H3. The van der Waals surface area contributed by atoms with Gasteiger partial charge in [-0.15, -0.1) is 0 Å². The van der Waals surface area contributed by atoms with Gasteiger partial charge in [0.15, 0.2) is 0 Å². The van der Waals surface area contributed by atoms with Gasteiger partial charge in [-0.05, 0) is 25.1 Å². The first-order chi connectivity index (χ1) is 9.26. The fraction of sp³-hybridized carbons (Fsp3) is 0.600. The van der Waals surface area contributed by atoms with E-state index in [1.807, 2.05) is 13.0 Å². The smallest absolute Gasteiger partial charge is 0.129 e. The Morgan fingerprint density at radius 3 is 3.00 bits per heavy atom. The van der Waals surface area contributed by atoms with Gasteiger partial charge in [-0.25, -0.2) is 4.39 Å². The maximum Gasteiger partial charge on any atom is 0.129 e. The van der Waals surface area contributed by atoms with Gasteiger partial charge in [0.05, 0.1) is 12.7 Å². The van der Waals surface area contributed by atoms with Crippen molar-refractivity contribution in [2.24, 2.45) is 0 Å². The van der Waals surface area contributed by atoms with Crippen molar-refractivity contribution in [1.29, 1.82) is 0 Å². The SMILES string of the molecule is CCNCc1c(F)cccc1N1CCOC(CC)C1. The molecule has 19 heavy (non-hydrogen) atoms. The number of nitrogens with zero attached hydrogens (tertiary/aromatic N) is 1. The summed E-state index contributed by atoms with van der Waals surface area (Å²) < 4.78 is 19.7. The van der Waals surface area contributed by atoms with Crippen LogP contribution in [-0.2, 0) is 11.3 Å². The zero-order valence-electron chi connectivity index (χ0n) is 11.8. The van der Waals surface area contributed by atoms with Crippen LogP contribution in [0.25, 0.3) is 0 Å². The summed E-state index contributed by atoms with van der Waals surface area (Å²) in [7, 11) is 0. The Labute approximate surface area is 114 Å². The number of ether oxygens (including phenoxy) is 1. The number of morpholine rings is 1. The molecular formula is C15H23FN2O. The maximum atomic E-state index is 14.0. The van der Waals surface area contributed by atoms with Gasteiger partial charge in [-0.3, -0.25) is 0 Å². The van der Waals surface area contributed by atoms with Gasteiger partial charge in [0.25, 0.3) is 0 Å². The average molecular weight is 266 g/mol. The van der Waals surface area contributed by atoms with E-state index in [1.54, 1.807) is 6.07 Å². The summed E-state index contributed by atoms with van der Waals surface area (Å²) in [4.78, 5) is 2.24. The van der Waals surface area contributed by atoms with E-state index in [0.717, 1.165) is 43.9 Å². The van der Waals surface area contributed by atoms with Crippen LogP contribution in [0.15, 0.2) is 18.2 Å².